The van der Waals surface area contributed by atoms with Crippen LogP contribution in [0, 0.1) is 17.0 Å². The van der Waals surface area contributed by atoms with E-state index in [9.17, 15) is 14.9 Å². The molecule has 0 saturated heterocycles. The standard InChI is InChI=1S/C21H13BrClN3O4.C3H9N.C2H6/c1-11-14(21-25-18-9-12(23)5-8-19(18)30-21)3-2-4-17(11)24-20(27)15-7-6-13(26(28)29)10-16(15)22;1-2-3-4;1-2/h2-10H,1H3,(H,24,27);2-4H2,1H3;1-2H3. The third-order valence-electron chi connectivity index (χ3n) is 4.86. The molecule has 0 spiro atoms. The molecular formula is C26H28BrClN4O4. The van der Waals surface area contributed by atoms with Gasteiger partial charge in [0.15, 0.2) is 5.58 Å². The third kappa shape index (κ3) is 7.13. The highest BCUT2D eigenvalue weighted by atomic mass is 79.9. The van der Waals surface area contributed by atoms with E-state index in [1.54, 1.807) is 30.3 Å². The maximum Gasteiger partial charge on any atom is 0.270 e. The monoisotopic (exact) mass is 574 g/mol. The van der Waals surface area contributed by atoms with E-state index in [1.165, 1.54) is 18.2 Å². The lowest BCUT2D eigenvalue weighted by Gasteiger charge is -2.11. The molecular weight excluding hydrogens is 548 g/mol. The van der Waals surface area contributed by atoms with Gasteiger partial charge < -0.3 is 15.5 Å². The number of non-ortho nitro benzene ring substituents is 1. The lowest BCUT2D eigenvalue weighted by molar-refractivity contribution is -0.384. The van der Waals surface area contributed by atoms with Crippen molar-refractivity contribution in [2.24, 2.45) is 5.73 Å². The van der Waals surface area contributed by atoms with E-state index in [2.05, 4.69) is 33.2 Å². The first kappa shape index (κ1) is 29.0. The zero-order valence-electron chi connectivity index (χ0n) is 20.5. The van der Waals surface area contributed by atoms with E-state index in [0.717, 1.165) is 24.1 Å². The van der Waals surface area contributed by atoms with Crippen LogP contribution in [0.4, 0.5) is 11.4 Å². The maximum absolute atomic E-state index is 12.7. The van der Waals surface area contributed by atoms with E-state index in [1.807, 2.05) is 26.8 Å². The van der Waals surface area contributed by atoms with Crippen molar-refractivity contribution < 1.29 is 14.1 Å². The number of benzene rings is 3. The second-order valence-electron chi connectivity index (χ2n) is 7.27. The smallest absolute Gasteiger partial charge is 0.270 e. The molecule has 3 N–H and O–H groups in total. The number of fused-ring (bicyclic) bond motifs is 1. The molecule has 0 atom stereocenters. The first-order valence-corrected chi connectivity index (χ1v) is 12.5. The van der Waals surface area contributed by atoms with Gasteiger partial charge in [0, 0.05) is 32.9 Å². The zero-order valence-corrected chi connectivity index (χ0v) is 22.8. The van der Waals surface area contributed by atoms with Crippen LogP contribution in [-0.2, 0) is 0 Å². The highest BCUT2D eigenvalue weighted by Gasteiger charge is 2.18. The van der Waals surface area contributed by atoms with Gasteiger partial charge in [0.2, 0.25) is 5.89 Å². The van der Waals surface area contributed by atoms with Crippen molar-refractivity contribution in [1.82, 2.24) is 4.98 Å². The Balaban J connectivity index is 0.000000694. The number of nitro benzene ring substituents is 1. The molecule has 0 aliphatic heterocycles. The third-order valence-corrected chi connectivity index (χ3v) is 5.75. The number of anilines is 1. The highest BCUT2D eigenvalue weighted by molar-refractivity contribution is 9.10. The van der Waals surface area contributed by atoms with Crippen molar-refractivity contribution in [2.45, 2.75) is 34.1 Å². The summed E-state index contributed by atoms with van der Waals surface area (Å²) in [5.41, 5.74) is 8.52. The molecule has 0 bridgehead atoms. The summed E-state index contributed by atoms with van der Waals surface area (Å²) >= 11 is 9.24. The molecule has 1 aromatic heterocycles. The van der Waals surface area contributed by atoms with Crippen LogP contribution >= 0.6 is 27.5 Å². The Bertz CT molecular complexity index is 1360. The number of carbonyl (C=O) groups excluding carboxylic acids is 1. The van der Waals surface area contributed by atoms with Crippen molar-refractivity contribution in [3.8, 4) is 11.5 Å². The average Bonchev–Trinajstić information content (AvgIpc) is 3.29. The Hall–Kier alpha value is -3.27. The number of aromatic nitrogens is 1. The number of carbonyl (C=O) groups is 1. The summed E-state index contributed by atoms with van der Waals surface area (Å²) in [7, 11) is 0. The number of hydrogen-bond donors (Lipinski definition) is 2. The summed E-state index contributed by atoms with van der Waals surface area (Å²) in [6, 6.07) is 14.6. The Morgan fingerprint density at radius 2 is 1.89 bits per heavy atom. The fraction of sp³-hybridized carbons (Fsp3) is 0.231. The number of halogens is 2. The van der Waals surface area contributed by atoms with Crippen molar-refractivity contribution >= 4 is 55.9 Å². The Labute approximate surface area is 223 Å². The zero-order chi connectivity index (χ0) is 26.8. The van der Waals surface area contributed by atoms with Crippen LogP contribution in [0.15, 0.2) is 63.5 Å². The topological polar surface area (TPSA) is 124 Å². The van der Waals surface area contributed by atoms with Crippen molar-refractivity contribution in [2.75, 3.05) is 11.9 Å². The van der Waals surface area contributed by atoms with Crippen LogP contribution in [0.25, 0.3) is 22.6 Å². The SMILES string of the molecule is CC.CCCN.Cc1c(NC(=O)c2ccc([N+](=O)[O-])cc2Br)cccc1-c1nc2cc(Cl)ccc2o1. The van der Waals surface area contributed by atoms with E-state index in [-0.39, 0.29) is 11.3 Å². The van der Waals surface area contributed by atoms with Gasteiger partial charge in [-0.25, -0.2) is 4.98 Å². The normalized spacial score (nSPS) is 10.1. The highest BCUT2D eigenvalue weighted by Crippen LogP contribution is 2.32. The Kier molecular flexibility index (Phi) is 11.0. The number of nitrogens with zero attached hydrogens (tertiary/aromatic N) is 2. The van der Waals surface area contributed by atoms with Crippen LogP contribution in [0.1, 0.15) is 43.1 Å². The van der Waals surface area contributed by atoms with E-state index in [0.29, 0.717) is 32.2 Å². The molecule has 1 heterocycles. The predicted octanol–water partition coefficient (Wildman–Crippen LogP) is 7.76. The van der Waals surface area contributed by atoms with Gasteiger partial charge >= 0.3 is 0 Å². The predicted molar refractivity (Wildman–Crippen MR) is 149 cm³/mol. The minimum atomic E-state index is -0.520. The molecule has 0 aliphatic rings. The molecule has 0 unspecified atom stereocenters. The number of oxazole rings is 1. The summed E-state index contributed by atoms with van der Waals surface area (Å²) in [5, 5.41) is 14.3. The number of amides is 1. The summed E-state index contributed by atoms with van der Waals surface area (Å²) in [5.74, 6) is 0.0127. The van der Waals surface area contributed by atoms with Gasteiger partial charge in [-0.15, -0.1) is 0 Å². The Morgan fingerprint density at radius 1 is 1.19 bits per heavy atom. The van der Waals surface area contributed by atoms with E-state index in [4.69, 9.17) is 21.8 Å². The number of nitrogens with one attached hydrogen (secondary N) is 1. The van der Waals surface area contributed by atoms with Crippen LogP contribution in [-0.4, -0.2) is 22.4 Å². The van der Waals surface area contributed by atoms with Gasteiger partial charge in [-0.3, -0.25) is 14.9 Å². The van der Waals surface area contributed by atoms with Gasteiger partial charge in [0.1, 0.15) is 5.52 Å². The molecule has 0 aliphatic carbocycles. The van der Waals surface area contributed by atoms with Gasteiger partial charge in [-0.2, -0.15) is 0 Å². The Morgan fingerprint density at radius 3 is 2.50 bits per heavy atom. The van der Waals surface area contributed by atoms with Crippen molar-refractivity contribution in [1.29, 1.82) is 0 Å². The van der Waals surface area contributed by atoms with Gasteiger partial charge in [0.25, 0.3) is 11.6 Å². The van der Waals surface area contributed by atoms with Crippen LogP contribution in [0.3, 0.4) is 0 Å². The first-order chi connectivity index (χ1) is 17.2. The van der Waals surface area contributed by atoms with Crippen LogP contribution in [0.2, 0.25) is 5.02 Å². The molecule has 0 fully saturated rings. The van der Waals surface area contributed by atoms with Crippen molar-refractivity contribution in [3.05, 3.63) is 85.3 Å². The van der Waals surface area contributed by atoms with Gasteiger partial charge in [-0.1, -0.05) is 38.4 Å². The quantitative estimate of drug-likeness (QED) is 0.185. The minimum Gasteiger partial charge on any atom is -0.436 e. The molecule has 190 valence electrons. The lowest BCUT2D eigenvalue weighted by Crippen LogP contribution is -2.13. The fourth-order valence-corrected chi connectivity index (χ4v) is 3.72. The second kappa shape index (κ2) is 13.7. The van der Waals surface area contributed by atoms with Gasteiger partial charge in [-0.05, 0) is 77.8 Å². The molecule has 10 heteroatoms. The number of nitro groups is 1. The first-order valence-electron chi connectivity index (χ1n) is 11.4. The lowest BCUT2D eigenvalue weighted by atomic mass is 10.1. The maximum atomic E-state index is 12.7. The molecule has 4 rings (SSSR count). The molecule has 0 radical (unpaired) electrons. The largest absolute Gasteiger partial charge is 0.436 e. The molecule has 0 saturated carbocycles. The fourth-order valence-electron chi connectivity index (χ4n) is 3.01. The van der Waals surface area contributed by atoms with Crippen LogP contribution < -0.4 is 11.1 Å². The number of rotatable bonds is 5. The number of hydrogen-bond acceptors (Lipinski definition) is 6. The van der Waals surface area contributed by atoms with Crippen LogP contribution in [0.5, 0.6) is 0 Å². The molecule has 3 aromatic carbocycles. The minimum absolute atomic E-state index is 0.104. The van der Waals surface area contributed by atoms with E-state index < -0.39 is 10.8 Å². The van der Waals surface area contributed by atoms with Crippen molar-refractivity contribution in [3.63, 3.8) is 0 Å². The van der Waals surface area contributed by atoms with Gasteiger partial charge in [0.05, 0.1) is 10.5 Å². The molecule has 4 aromatic rings. The summed E-state index contributed by atoms with van der Waals surface area (Å²) in [4.78, 5) is 27.6. The molecule has 8 nitrogen and oxygen atoms in total. The van der Waals surface area contributed by atoms with E-state index >= 15 is 0 Å². The second-order valence-corrected chi connectivity index (χ2v) is 8.56. The molecule has 36 heavy (non-hydrogen) atoms. The average molecular weight is 576 g/mol. The summed E-state index contributed by atoms with van der Waals surface area (Å²) in [6.07, 6.45) is 1.10. The summed E-state index contributed by atoms with van der Waals surface area (Å²) < 4.78 is 6.17. The summed E-state index contributed by atoms with van der Waals surface area (Å²) in [6.45, 7) is 8.72. The molecule has 1 amide bonds. The number of nitrogens with two attached hydrogens (primary N) is 1.